The van der Waals surface area contributed by atoms with Gasteiger partial charge < -0.3 is 5.11 Å². The van der Waals surface area contributed by atoms with E-state index >= 15 is 0 Å². The molecular formula is C14H16FNO3S2. The summed E-state index contributed by atoms with van der Waals surface area (Å²) in [5.74, 6) is -0.409. The molecule has 0 radical (unpaired) electrons. The van der Waals surface area contributed by atoms with Gasteiger partial charge in [0.25, 0.3) is 10.0 Å². The third-order valence-corrected chi connectivity index (χ3v) is 6.46. The summed E-state index contributed by atoms with van der Waals surface area (Å²) in [6, 6.07) is 8.60. The van der Waals surface area contributed by atoms with Gasteiger partial charge >= 0.3 is 0 Å². The van der Waals surface area contributed by atoms with Crippen LogP contribution in [0.1, 0.15) is 11.8 Å². The summed E-state index contributed by atoms with van der Waals surface area (Å²) in [6.07, 6.45) is 0.433. The predicted molar refractivity (Wildman–Crippen MR) is 81.7 cm³/mol. The molecular weight excluding hydrogens is 313 g/mol. The van der Waals surface area contributed by atoms with Crippen LogP contribution in [0, 0.1) is 5.82 Å². The lowest BCUT2D eigenvalue weighted by Crippen LogP contribution is -2.30. The molecule has 1 aromatic heterocycles. The van der Waals surface area contributed by atoms with Gasteiger partial charge in [0.1, 0.15) is 10.0 Å². The Morgan fingerprint density at radius 2 is 1.86 bits per heavy atom. The van der Waals surface area contributed by atoms with Gasteiger partial charge in [-0.1, -0.05) is 0 Å². The number of benzene rings is 1. The second-order valence-electron chi connectivity index (χ2n) is 4.34. The largest absolute Gasteiger partial charge is 0.396 e. The Morgan fingerprint density at radius 1 is 1.19 bits per heavy atom. The maximum absolute atomic E-state index is 13.0. The molecule has 0 aliphatic heterocycles. The fourth-order valence-electron chi connectivity index (χ4n) is 1.95. The predicted octanol–water partition coefficient (Wildman–Crippen LogP) is 2.64. The zero-order chi connectivity index (χ0) is 15.5. The van der Waals surface area contributed by atoms with Gasteiger partial charge in [0, 0.05) is 24.4 Å². The van der Waals surface area contributed by atoms with E-state index in [0.717, 1.165) is 16.2 Å². The van der Waals surface area contributed by atoms with Gasteiger partial charge in [-0.2, -0.15) is 0 Å². The van der Waals surface area contributed by atoms with Crippen molar-refractivity contribution in [2.45, 2.75) is 17.6 Å². The molecule has 0 saturated heterocycles. The number of nitrogens with zero attached hydrogens (tertiary/aromatic N) is 1. The van der Waals surface area contributed by atoms with E-state index in [4.69, 9.17) is 5.11 Å². The van der Waals surface area contributed by atoms with Crippen molar-refractivity contribution in [1.29, 1.82) is 0 Å². The zero-order valence-electron chi connectivity index (χ0n) is 11.5. The Balaban J connectivity index is 2.36. The first-order valence-corrected chi connectivity index (χ1v) is 8.72. The van der Waals surface area contributed by atoms with Gasteiger partial charge in [-0.15, -0.1) is 11.3 Å². The van der Waals surface area contributed by atoms with Crippen LogP contribution >= 0.6 is 11.3 Å². The molecule has 2 aromatic rings. The molecule has 0 spiro atoms. The summed E-state index contributed by atoms with van der Waals surface area (Å²) in [6.45, 7) is 1.96. The lowest BCUT2D eigenvalue weighted by Gasteiger charge is -2.21. The van der Waals surface area contributed by atoms with Crippen LogP contribution in [0.4, 0.5) is 10.1 Å². The fourth-order valence-corrected chi connectivity index (χ4v) is 4.88. The summed E-state index contributed by atoms with van der Waals surface area (Å²) in [7, 11) is -3.67. The van der Waals surface area contributed by atoms with Crippen LogP contribution in [0.25, 0.3) is 0 Å². The number of aliphatic hydroxyl groups is 1. The monoisotopic (exact) mass is 329 g/mol. The summed E-state index contributed by atoms with van der Waals surface area (Å²) in [5, 5.41) is 8.90. The van der Waals surface area contributed by atoms with E-state index in [2.05, 4.69) is 0 Å². The third-order valence-electron chi connectivity index (χ3n) is 2.94. The highest BCUT2D eigenvalue weighted by Gasteiger charge is 2.25. The third kappa shape index (κ3) is 3.42. The molecule has 7 heteroatoms. The van der Waals surface area contributed by atoms with Crippen LogP contribution in [0.3, 0.4) is 0 Å². The molecule has 0 saturated carbocycles. The molecule has 0 unspecified atom stereocenters. The summed E-state index contributed by atoms with van der Waals surface area (Å²) in [5.41, 5.74) is 0.427. The Kier molecular flexibility index (Phi) is 4.97. The number of hydrogen-bond donors (Lipinski definition) is 1. The Morgan fingerprint density at radius 3 is 2.43 bits per heavy atom. The molecule has 114 valence electrons. The van der Waals surface area contributed by atoms with Gasteiger partial charge in [0.05, 0.1) is 5.69 Å². The van der Waals surface area contributed by atoms with Crippen LogP contribution in [-0.2, 0) is 16.4 Å². The molecule has 0 amide bonds. The van der Waals surface area contributed by atoms with E-state index in [0.29, 0.717) is 12.1 Å². The number of sulfonamides is 1. The van der Waals surface area contributed by atoms with E-state index in [9.17, 15) is 12.8 Å². The van der Waals surface area contributed by atoms with E-state index in [1.165, 1.54) is 34.6 Å². The van der Waals surface area contributed by atoms with Crippen LogP contribution in [-0.4, -0.2) is 26.7 Å². The molecule has 0 aliphatic rings. The highest BCUT2D eigenvalue weighted by molar-refractivity contribution is 7.94. The minimum Gasteiger partial charge on any atom is -0.396 e. The first-order valence-electron chi connectivity index (χ1n) is 6.47. The molecule has 2 rings (SSSR count). The topological polar surface area (TPSA) is 57.6 Å². The average Bonchev–Trinajstić information content (AvgIpc) is 2.91. The Bertz CT molecular complexity index is 695. The number of thiophene rings is 1. The highest BCUT2D eigenvalue weighted by Crippen LogP contribution is 2.28. The maximum Gasteiger partial charge on any atom is 0.273 e. The fraction of sp³-hybridized carbons (Fsp3) is 0.286. The van der Waals surface area contributed by atoms with Gasteiger partial charge in [-0.05, 0) is 43.3 Å². The van der Waals surface area contributed by atoms with Gasteiger partial charge in [0.15, 0.2) is 0 Å². The Hall–Kier alpha value is -1.44. The number of halogens is 1. The van der Waals surface area contributed by atoms with Crippen molar-refractivity contribution in [2.75, 3.05) is 17.5 Å². The standard InChI is InChI=1S/C14H16FNO3S2/c1-2-16(12-5-3-11(15)4-6-12)21(18,19)14-8-7-13(20-14)9-10-17/h3-8,17H,2,9-10H2,1H3. The normalized spacial score (nSPS) is 11.6. The van der Waals surface area contributed by atoms with E-state index in [-0.39, 0.29) is 17.4 Å². The molecule has 1 aromatic carbocycles. The minimum absolute atomic E-state index is 0.0184. The number of rotatable bonds is 6. The minimum atomic E-state index is -3.67. The van der Waals surface area contributed by atoms with Crippen LogP contribution in [0.15, 0.2) is 40.6 Å². The van der Waals surface area contributed by atoms with Crippen molar-refractivity contribution in [2.24, 2.45) is 0 Å². The van der Waals surface area contributed by atoms with Gasteiger partial charge in [-0.25, -0.2) is 12.8 Å². The van der Waals surface area contributed by atoms with Crippen molar-refractivity contribution >= 4 is 27.0 Å². The number of aliphatic hydroxyl groups excluding tert-OH is 1. The van der Waals surface area contributed by atoms with E-state index in [1.807, 2.05) is 0 Å². The van der Waals surface area contributed by atoms with Crippen molar-refractivity contribution in [1.82, 2.24) is 0 Å². The number of hydrogen-bond acceptors (Lipinski definition) is 4. The number of anilines is 1. The molecule has 21 heavy (non-hydrogen) atoms. The average molecular weight is 329 g/mol. The molecule has 0 aliphatic carbocycles. The second kappa shape index (κ2) is 6.55. The van der Waals surface area contributed by atoms with Gasteiger partial charge in [0.2, 0.25) is 0 Å². The lowest BCUT2D eigenvalue weighted by molar-refractivity contribution is 0.300. The maximum atomic E-state index is 13.0. The van der Waals surface area contributed by atoms with Gasteiger partial charge in [-0.3, -0.25) is 4.31 Å². The first kappa shape index (κ1) is 15.9. The quantitative estimate of drug-likeness (QED) is 0.886. The van der Waals surface area contributed by atoms with Crippen molar-refractivity contribution < 1.29 is 17.9 Å². The lowest BCUT2D eigenvalue weighted by atomic mass is 10.3. The summed E-state index contributed by atoms with van der Waals surface area (Å²) in [4.78, 5) is 0.811. The molecule has 0 atom stereocenters. The van der Waals surface area contributed by atoms with Crippen LogP contribution < -0.4 is 4.31 Å². The smallest absolute Gasteiger partial charge is 0.273 e. The molecule has 4 nitrogen and oxygen atoms in total. The summed E-state index contributed by atoms with van der Waals surface area (Å²) < 4.78 is 39.7. The summed E-state index contributed by atoms with van der Waals surface area (Å²) >= 11 is 1.14. The van der Waals surface area contributed by atoms with E-state index < -0.39 is 15.8 Å². The van der Waals surface area contributed by atoms with Crippen molar-refractivity contribution in [3.63, 3.8) is 0 Å². The van der Waals surface area contributed by atoms with Crippen molar-refractivity contribution in [3.05, 3.63) is 47.1 Å². The second-order valence-corrected chi connectivity index (χ2v) is 7.60. The van der Waals surface area contributed by atoms with Crippen LogP contribution in [0.5, 0.6) is 0 Å². The van der Waals surface area contributed by atoms with Crippen LogP contribution in [0.2, 0.25) is 0 Å². The molecule has 0 fully saturated rings. The first-order chi connectivity index (χ1) is 9.98. The zero-order valence-corrected chi connectivity index (χ0v) is 13.1. The highest BCUT2D eigenvalue weighted by atomic mass is 32.2. The van der Waals surface area contributed by atoms with Crippen molar-refractivity contribution in [3.8, 4) is 0 Å². The Labute approximate surface area is 127 Å². The molecule has 1 N–H and O–H groups in total. The molecule has 1 heterocycles. The SMILES string of the molecule is CCN(c1ccc(F)cc1)S(=O)(=O)c1ccc(CCO)s1. The molecule has 0 bridgehead atoms. The van der Waals surface area contributed by atoms with E-state index in [1.54, 1.807) is 13.0 Å².